The Hall–Kier alpha value is -3.03. The van der Waals surface area contributed by atoms with Crippen molar-refractivity contribution in [2.24, 2.45) is 0 Å². The van der Waals surface area contributed by atoms with Crippen LogP contribution in [0.25, 0.3) is 0 Å². The summed E-state index contributed by atoms with van der Waals surface area (Å²) in [5.41, 5.74) is 1.53. The third kappa shape index (κ3) is 3.08. The van der Waals surface area contributed by atoms with Gasteiger partial charge in [0.25, 0.3) is 0 Å². The van der Waals surface area contributed by atoms with E-state index in [-0.39, 0.29) is 12.1 Å². The molecule has 8 nitrogen and oxygen atoms in total. The van der Waals surface area contributed by atoms with Crippen LogP contribution in [0.5, 0.6) is 5.75 Å². The Morgan fingerprint density at radius 1 is 1.25 bits per heavy atom. The molecule has 1 aliphatic heterocycles. The Kier molecular flexibility index (Phi) is 4.93. The number of rotatable bonds is 5. The molecule has 1 N–H and O–H groups in total. The molecule has 1 aromatic heterocycles. The van der Waals surface area contributed by atoms with Gasteiger partial charge in [-0.3, -0.25) is 9.91 Å². The molecule has 0 spiro atoms. The van der Waals surface area contributed by atoms with Crippen molar-refractivity contribution in [3.8, 4) is 5.75 Å². The summed E-state index contributed by atoms with van der Waals surface area (Å²) in [6, 6.07) is 7.89. The second kappa shape index (κ2) is 7.53. The van der Waals surface area contributed by atoms with Gasteiger partial charge >= 0.3 is 6.03 Å². The van der Waals surface area contributed by atoms with Gasteiger partial charge in [-0.05, 0) is 31.9 Å². The molecule has 8 heteroatoms. The molecule has 0 unspecified atom stereocenters. The van der Waals surface area contributed by atoms with Gasteiger partial charge in [-0.2, -0.15) is 4.98 Å². The number of aromatic nitrogens is 2. The summed E-state index contributed by atoms with van der Waals surface area (Å²) in [7, 11) is 3.41. The van der Waals surface area contributed by atoms with E-state index >= 15 is 0 Å². The first-order chi connectivity index (χ1) is 13.6. The Bertz CT molecular complexity index is 868. The van der Waals surface area contributed by atoms with Crippen LogP contribution < -0.4 is 20.0 Å². The van der Waals surface area contributed by atoms with Crippen molar-refractivity contribution >= 4 is 29.2 Å². The molecular weight excluding hydrogens is 356 g/mol. The van der Waals surface area contributed by atoms with E-state index in [1.165, 1.54) is 12.8 Å². The number of urea groups is 1. The van der Waals surface area contributed by atoms with E-state index in [0.717, 1.165) is 35.8 Å². The van der Waals surface area contributed by atoms with Crippen molar-refractivity contribution in [3.63, 3.8) is 0 Å². The van der Waals surface area contributed by atoms with Crippen LogP contribution >= 0.6 is 0 Å². The van der Waals surface area contributed by atoms with Crippen LogP contribution in [0.4, 0.5) is 27.9 Å². The summed E-state index contributed by atoms with van der Waals surface area (Å²) in [4.78, 5) is 23.7. The zero-order chi connectivity index (χ0) is 19.7. The molecule has 2 amide bonds. The SMILES string of the molecule is CCN1C(=O)N(C)c2cnc(Nc3ccccc3OC)nc2N1C1CCCC1. The zero-order valence-electron chi connectivity index (χ0n) is 16.6. The number of para-hydroxylation sites is 2. The highest BCUT2D eigenvalue weighted by Crippen LogP contribution is 2.39. The lowest BCUT2D eigenvalue weighted by molar-refractivity contribution is 0.191. The van der Waals surface area contributed by atoms with Crippen LogP contribution in [0.15, 0.2) is 30.5 Å². The smallest absolute Gasteiger partial charge is 0.343 e. The first-order valence-electron chi connectivity index (χ1n) is 9.75. The average Bonchev–Trinajstić information content (AvgIpc) is 3.25. The summed E-state index contributed by atoms with van der Waals surface area (Å²) >= 11 is 0. The van der Waals surface area contributed by atoms with E-state index in [0.29, 0.717) is 12.5 Å². The summed E-state index contributed by atoms with van der Waals surface area (Å²) in [6.07, 6.45) is 6.19. The van der Waals surface area contributed by atoms with Crippen LogP contribution in [0.1, 0.15) is 32.6 Å². The molecule has 1 fully saturated rings. The fraction of sp³-hybridized carbons (Fsp3) is 0.450. The Morgan fingerprint density at radius 2 is 2.00 bits per heavy atom. The van der Waals surface area contributed by atoms with Crippen molar-refractivity contribution in [1.82, 2.24) is 15.0 Å². The summed E-state index contributed by atoms with van der Waals surface area (Å²) in [6.45, 7) is 2.59. The van der Waals surface area contributed by atoms with E-state index in [9.17, 15) is 4.79 Å². The molecule has 28 heavy (non-hydrogen) atoms. The van der Waals surface area contributed by atoms with Crippen molar-refractivity contribution in [1.29, 1.82) is 0 Å². The number of hydrogen-bond acceptors (Lipinski definition) is 6. The Morgan fingerprint density at radius 3 is 2.71 bits per heavy atom. The van der Waals surface area contributed by atoms with E-state index in [1.54, 1.807) is 30.3 Å². The number of anilines is 4. The van der Waals surface area contributed by atoms with Crippen LogP contribution in [0.3, 0.4) is 0 Å². The number of nitrogens with zero attached hydrogens (tertiary/aromatic N) is 5. The number of carbonyl (C=O) groups excluding carboxylic acids is 1. The number of ether oxygens (including phenoxy) is 1. The molecule has 1 aliphatic carbocycles. The fourth-order valence-corrected chi connectivity index (χ4v) is 3.99. The second-order valence-electron chi connectivity index (χ2n) is 7.07. The third-order valence-electron chi connectivity index (χ3n) is 5.42. The summed E-state index contributed by atoms with van der Waals surface area (Å²) in [5, 5.41) is 7.12. The number of carbonyl (C=O) groups is 1. The molecule has 2 aliphatic rings. The monoisotopic (exact) mass is 382 g/mol. The lowest BCUT2D eigenvalue weighted by atomic mass is 10.2. The molecule has 2 aromatic rings. The molecule has 2 heterocycles. The van der Waals surface area contributed by atoms with Gasteiger partial charge in [0.2, 0.25) is 5.95 Å². The van der Waals surface area contributed by atoms with Gasteiger partial charge in [0, 0.05) is 13.6 Å². The largest absolute Gasteiger partial charge is 0.495 e. The molecule has 1 aromatic carbocycles. The quantitative estimate of drug-likeness (QED) is 0.848. The van der Waals surface area contributed by atoms with Crippen molar-refractivity contribution in [3.05, 3.63) is 30.5 Å². The number of benzene rings is 1. The summed E-state index contributed by atoms with van der Waals surface area (Å²) < 4.78 is 5.41. The highest BCUT2D eigenvalue weighted by Gasteiger charge is 2.39. The number of nitrogens with one attached hydrogen (secondary N) is 1. The average molecular weight is 382 g/mol. The normalized spacial score (nSPS) is 17.1. The number of methoxy groups -OCH3 is 1. The molecule has 0 atom stereocenters. The van der Waals surface area contributed by atoms with Gasteiger partial charge in [-0.25, -0.2) is 14.8 Å². The van der Waals surface area contributed by atoms with Crippen LogP contribution in [-0.2, 0) is 0 Å². The predicted octanol–water partition coefficient (Wildman–Crippen LogP) is 3.78. The first-order valence-corrected chi connectivity index (χ1v) is 9.75. The van der Waals surface area contributed by atoms with Crippen molar-refractivity contribution < 1.29 is 9.53 Å². The van der Waals surface area contributed by atoms with Gasteiger partial charge in [0.15, 0.2) is 5.82 Å². The minimum Gasteiger partial charge on any atom is -0.495 e. The second-order valence-corrected chi connectivity index (χ2v) is 7.07. The topological polar surface area (TPSA) is 73.8 Å². The fourth-order valence-electron chi connectivity index (χ4n) is 3.99. The number of hydrogen-bond donors (Lipinski definition) is 1. The standard InChI is InChI=1S/C20H26N6O2/c1-4-25-20(27)24(2)16-13-21-19(22-15-11-7-8-12-17(15)28-3)23-18(16)26(25)14-9-5-6-10-14/h7-8,11-14H,4-6,9-10H2,1-3H3,(H,21,22,23). The van der Waals surface area contributed by atoms with Gasteiger partial charge in [0.1, 0.15) is 11.4 Å². The predicted molar refractivity (Wildman–Crippen MR) is 109 cm³/mol. The number of hydrazine groups is 1. The molecule has 0 radical (unpaired) electrons. The van der Waals surface area contributed by atoms with E-state index in [1.807, 2.05) is 31.2 Å². The zero-order valence-corrected chi connectivity index (χ0v) is 16.6. The summed E-state index contributed by atoms with van der Waals surface area (Å²) in [5.74, 6) is 1.97. The van der Waals surface area contributed by atoms with E-state index < -0.39 is 0 Å². The number of fused-ring (bicyclic) bond motifs is 1. The molecule has 0 bridgehead atoms. The van der Waals surface area contributed by atoms with Crippen LogP contribution in [0, 0.1) is 0 Å². The minimum atomic E-state index is -0.0454. The third-order valence-corrected chi connectivity index (χ3v) is 5.42. The van der Waals surface area contributed by atoms with Crippen LogP contribution in [0.2, 0.25) is 0 Å². The highest BCUT2D eigenvalue weighted by atomic mass is 16.5. The van der Waals surface area contributed by atoms with Gasteiger partial charge in [0.05, 0.1) is 25.0 Å². The minimum absolute atomic E-state index is 0.0454. The molecule has 4 rings (SSSR count). The Balaban J connectivity index is 1.74. The maximum atomic E-state index is 12.9. The highest BCUT2D eigenvalue weighted by molar-refractivity contribution is 5.98. The van der Waals surface area contributed by atoms with Gasteiger partial charge < -0.3 is 10.1 Å². The molecular formula is C20H26N6O2. The first kappa shape index (κ1) is 18.3. The van der Waals surface area contributed by atoms with Crippen LogP contribution in [-0.4, -0.2) is 47.8 Å². The lowest BCUT2D eigenvalue weighted by Gasteiger charge is -2.45. The molecule has 1 saturated carbocycles. The van der Waals surface area contributed by atoms with E-state index in [4.69, 9.17) is 9.72 Å². The lowest BCUT2D eigenvalue weighted by Crippen LogP contribution is -2.59. The molecule has 148 valence electrons. The maximum absolute atomic E-state index is 12.9. The van der Waals surface area contributed by atoms with E-state index in [2.05, 4.69) is 15.3 Å². The molecule has 0 saturated heterocycles. The van der Waals surface area contributed by atoms with Gasteiger partial charge in [-0.15, -0.1) is 0 Å². The van der Waals surface area contributed by atoms with Crippen molar-refractivity contribution in [2.45, 2.75) is 38.6 Å². The Labute approximate surface area is 165 Å². The van der Waals surface area contributed by atoms with Crippen molar-refractivity contribution in [2.75, 3.05) is 35.9 Å². The number of amides is 2. The maximum Gasteiger partial charge on any atom is 0.343 e. The van der Waals surface area contributed by atoms with Gasteiger partial charge in [-0.1, -0.05) is 25.0 Å².